The number of pyridine rings is 1. The van der Waals surface area contributed by atoms with Crippen molar-refractivity contribution in [3.05, 3.63) is 36.3 Å². The van der Waals surface area contributed by atoms with Crippen molar-refractivity contribution in [3.63, 3.8) is 0 Å². The molecule has 0 unspecified atom stereocenters. The van der Waals surface area contributed by atoms with Gasteiger partial charge in [0.25, 0.3) is 5.60 Å². The highest BCUT2D eigenvalue weighted by molar-refractivity contribution is 7.89. The molecule has 0 radical (unpaired) electrons. The minimum absolute atomic E-state index is 0.0435. The van der Waals surface area contributed by atoms with Crippen molar-refractivity contribution < 1.29 is 48.3 Å². The van der Waals surface area contributed by atoms with Crippen LogP contribution in [0.1, 0.15) is 18.9 Å². The molecule has 230 valence electrons. The van der Waals surface area contributed by atoms with Gasteiger partial charge in [-0.05, 0) is 18.6 Å². The Kier molecular flexibility index (Phi) is 9.14. The second kappa shape index (κ2) is 11.5. The maximum Gasteiger partial charge on any atom is 0.430 e. The van der Waals surface area contributed by atoms with Gasteiger partial charge >= 0.3 is 12.4 Å². The van der Waals surface area contributed by atoms with Gasteiger partial charge in [-0.15, -0.1) is 0 Å². The van der Waals surface area contributed by atoms with Crippen molar-refractivity contribution in [2.45, 2.75) is 42.2 Å². The SMILES string of the molecule is CCCN(C[C@@H]1CN(S(=O)(=O)c2ccc(N)nc2)CCN1c1ncc(C(O)(C(F)(F)F)C(F)(F)F)cn1)S(C)(=O)=O. The third kappa shape index (κ3) is 6.65. The summed E-state index contributed by atoms with van der Waals surface area (Å²) in [4.78, 5) is 12.1. The molecule has 3 heterocycles. The van der Waals surface area contributed by atoms with E-state index in [1.165, 1.54) is 17.0 Å². The monoisotopic (exact) mass is 635 g/mol. The number of hydrogen-bond acceptors (Lipinski definition) is 10. The Bertz CT molecular complexity index is 1410. The van der Waals surface area contributed by atoms with Crippen molar-refractivity contribution in [2.75, 3.05) is 49.6 Å². The van der Waals surface area contributed by atoms with Gasteiger partial charge in [-0.3, -0.25) is 0 Å². The fourth-order valence-corrected chi connectivity index (χ4v) is 6.55. The van der Waals surface area contributed by atoms with E-state index in [0.29, 0.717) is 6.42 Å². The minimum Gasteiger partial charge on any atom is -0.384 e. The first-order valence-electron chi connectivity index (χ1n) is 11.8. The number of alkyl halides is 6. The molecule has 2 aromatic heterocycles. The zero-order chi connectivity index (χ0) is 31.0. The summed E-state index contributed by atoms with van der Waals surface area (Å²) in [6.45, 7) is 0.656. The first-order chi connectivity index (χ1) is 18.7. The summed E-state index contributed by atoms with van der Waals surface area (Å²) < 4.78 is 133. The highest BCUT2D eigenvalue weighted by Gasteiger charge is 2.71. The van der Waals surface area contributed by atoms with Crippen LogP contribution in [0, 0.1) is 0 Å². The number of nitrogens with zero attached hydrogens (tertiary/aromatic N) is 6. The molecule has 0 saturated carbocycles. The Hall–Kier alpha value is -2.81. The number of rotatable bonds is 9. The van der Waals surface area contributed by atoms with E-state index in [1.807, 2.05) is 0 Å². The van der Waals surface area contributed by atoms with E-state index in [9.17, 15) is 48.3 Å². The van der Waals surface area contributed by atoms with Crippen molar-refractivity contribution >= 4 is 31.8 Å². The summed E-state index contributed by atoms with van der Waals surface area (Å²) in [5.74, 6) is -0.333. The predicted molar refractivity (Wildman–Crippen MR) is 133 cm³/mol. The summed E-state index contributed by atoms with van der Waals surface area (Å²) in [6.07, 6.45) is -9.59. The van der Waals surface area contributed by atoms with Crippen molar-refractivity contribution in [3.8, 4) is 0 Å². The van der Waals surface area contributed by atoms with Gasteiger partial charge in [-0.1, -0.05) is 6.92 Å². The summed E-state index contributed by atoms with van der Waals surface area (Å²) in [7, 11) is -7.97. The molecule has 20 heteroatoms. The highest BCUT2D eigenvalue weighted by Crippen LogP contribution is 2.49. The van der Waals surface area contributed by atoms with E-state index in [-0.39, 0.29) is 55.8 Å². The summed E-state index contributed by atoms with van der Waals surface area (Å²) in [6, 6.07) is 1.48. The largest absolute Gasteiger partial charge is 0.430 e. The first kappa shape index (κ1) is 32.7. The molecule has 1 saturated heterocycles. The van der Waals surface area contributed by atoms with Crippen LogP contribution in [0.5, 0.6) is 0 Å². The minimum atomic E-state index is -6.15. The predicted octanol–water partition coefficient (Wildman–Crippen LogP) is 1.32. The standard InChI is InChI=1S/C21H27F6N7O5S2/c1-3-6-32(40(2,36)37)12-15-13-33(41(38,39)16-4-5-17(28)29-11-16)7-8-34(15)18-30-9-14(10-31-18)19(35,20(22,23)24)21(25,26)27/h4-5,9-11,15,35H,3,6-8,12-13H2,1-2H3,(H2,28,29)/t15-/m1/s1. The molecule has 0 bridgehead atoms. The van der Waals surface area contributed by atoms with E-state index >= 15 is 0 Å². The van der Waals surface area contributed by atoms with Crippen LogP contribution in [0.4, 0.5) is 38.1 Å². The molecule has 0 amide bonds. The maximum absolute atomic E-state index is 13.3. The molecule has 3 N–H and O–H groups in total. The molecule has 0 aliphatic carbocycles. The molecule has 1 fully saturated rings. The fraction of sp³-hybridized carbons (Fsp3) is 0.571. The van der Waals surface area contributed by atoms with Gasteiger partial charge in [0, 0.05) is 56.9 Å². The lowest BCUT2D eigenvalue weighted by atomic mass is 9.95. The number of hydrogen-bond donors (Lipinski definition) is 2. The van der Waals surface area contributed by atoms with E-state index in [4.69, 9.17) is 5.73 Å². The normalized spacial score (nSPS) is 18.2. The lowest BCUT2D eigenvalue weighted by molar-refractivity contribution is -0.376. The molecule has 1 aliphatic rings. The average molecular weight is 636 g/mol. The summed E-state index contributed by atoms with van der Waals surface area (Å²) >= 11 is 0. The van der Waals surface area contributed by atoms with Gasteiger partial charge in [0.15, 0.2) is 0 Å². The van der Waals surface area contributed by atoms with Gasteiger partial charge < -0.3 is 15.7 Å². The number of aliphatic hydroxyl groups is 1. The topological polar surface area (TPSA) is 163 Å². The Labute approximate surface area is 231 Å². The maximum atomic E-state index is 13.3. The molecule has 3 rings (SSSR count). The number of anilines is 2. The Morgan fingerprint density at radius 1 is 1.00 bits per heavy atom. The van der Waals surface area contributed by atoms with Gasteiger partial charge in [0.1, 0.15) is 10.7 Å². The molecule has 1 aliphatic heterocycles. The number of halogens is 6. The van der Waals surface area contributed by atoms with Gasteiger partial charge in [-0.25, -0.2) is 36.1 Å². The van der Waals surface area contributed by atoms with Crippen LogP contribution < -0.4 is 10.6 Å². The summed E-state index contributed by atoms with van der Waals surface area (Å²) in [5, 5.41) is 9.62. The average Bonchev–Trinajstić information content (AvgIpc) is 2.86. The molecule has 41 heavy (non-hydrogen) atoms. The van der Waals surface area contributed by atoms with Crippen LogP contribution in [-0.2, 0) is 25.6 Å². The molecular weight excluding hydrogens is 608 g/mol. The molecule has 0 spiro atoms. The van der Waals surface area contributed by atoms with E-state index in [2.05, 4.69) is 15.0 Å². The lowest BCUT2D eigenvalue weighted by Gasteiger charge is -2.42. The van der Waals surface area contributed by atoms with E-state index in [1.54, 1.807) is 6.92 Å². The molecule has 0 aromatic carbocycles. The van der Waals surface area contributed by atoms with Gasteiger partial charge in [-0.2, -0.15) is 30.6 Å². The van der Waals surface area contributed by atoms with Crippen LogP contribution in [-0.4, -0.2) is 103 Å². The van der Waals surface area contributed by atoms with Crippen LogP contribution in [0.2, 0.25) is 0 Å². The fourth-order valence-electron chi connectivity index (χ4n) is 4.18. The molecule has 1 atom stereocenters. The second-order valence-corrected chi connectivity index (χ2v) is 13.1. The zero-order valence-corrected chi connectivity index (χ0v) is 23.3. The van der Waals surface area contributed by atoms with E-state index < -0.39 is 55.6 Å². The van der Waals surface area contributed by atoms with Crippen molar-refractivity contribution in [1.29, 1.82) is 0 Å². The van der Waals surface area contributed by atoms with Crippen LogP contribution in [0.3, 0.4) is 0 Å². The Balaban J connectivity index is 2.01. The highest BCUT2D eigenvalue weighted by atomic mass is 32.2. The van der Waals surface area contributed by atoms with Crippen LogP contribution >= 0.6 is 0 Å². The summed E-state index contributed by atoms with van der Waals surface area (Å²) in [5.41, 5.74) is -1.41. The Morgan fingerprint density at radius 3 is 2.05 bits per heavy atom. The molecule has 2 aromatic rings. The van der Waals surface area contributed by atoms with Gasteiger partial charge in [0.2, 0.25) is 26.0 Å². The van der Waals surface area contributed by atoms with E-state index in [0.717, 1.165) is 21.1 Å². The van der Waals surface area contributed by atoms with Crippen LogP contribution in [0.15, 0.2) is 35.6 Å². The third-order valence-corrected chi connectivity index (χ3v) is 9.45. The second-order valence-electron chi connectivity index (χ2n) is 9.23. The number of nitrogens with two attached hydrogens (primary N) is 1. The smallest absolute Gasteiger partial charge is 0.384 e. The van der Waals surface area contributed by atoms with Crippen LogP contribution in [0.25, 0.3) is 0 Å². The number of piperazine rings is 1. The molecule has 12 nitrogen and oxygen atoms in total. The van der Waals surface area contributed by atoms with Crippen molar-refractivity contribution in [2.24, 2.45) is 0 Å². The van der Waals surface area contributed by atoms with Gasteiger partial charge in [0.05, 0.1) is 12.3 Å². The number of nitrogen functional groups attached to an aromatic ring is 1. The molecular formula is C21H27F6N7O5S2. The quantitative estimate of drug-likeness (QED) is 0.384. The zero-order valence-electron chi connectivity index (χ0n) is 21.6. The number of aromatic nitrogens is 3. The first-order valence-corrected chi connectivity index (χ1v) is 15.1. The lowest BCUT2D eigenvalue weighted by Crippen LogP contribution is -2.59. The number of sulfonamides is 2. The van der Waals surface area contributed by atoms with Crippen molar-refractivity contribution in [1.82, 2.24) is 23.6 Å². The Morgan fingerprint density at radius 2 is 1.59 bits per heavy atom. The third-order valence-electron chi connectivity index (χ3n) is 6.33.